The molecule has 5 heteroatoms. The van der Waals surface area contributed by atoms with Crippen molar-refractivity contribution in [3.05, 3.63) is 145 Å². The molecule has 0 aliphatic carbocycles. The fourth-order valence-electron chi connectivity index (χ4n) is 6.80. The Hall–Kier alpha value is -3.85. The zero-order valence-corrected chi connectivity index (χ0v) is 28.2. The van der Waals surface area contributed by atoms with E-state index in [1.165, 1.54) is 42.5 Å². The molecule has 3 nitrogen and oxygen atoms in total. The predicted molar refractivity (Wildman–Crippen MR) is 196 cm³/mol. The number of nitrogens with zero attached hydrogens (tertiary/aromatic N) is 2. The molecule has 0 atom stereocenters. The average Bonchev–Trinajstić information content (AvgIpc) is 3.09. The number of para-hydroxylation sites is 1. The molecule has 0 bridgehead atoms. The predicted octanol–water partition coefficient (Wildman–Crippen LogP) is 7.61. The maximum Gasteiger partial charge on any atom is -0.0369 e. The van der Waals surface area contributed by atoms with Gasteiger partial charge in [0, 0.05) is 0 Å². The molecule has 1 aliphatic rings. The summed E-state index contributed by atoms with van der Waals surface area (Å²) in [7, 11) is -2.32. The molecule has 0 N–H and O–H groups in total. The number of carbonyl (C=O) groups is 1. The van der Waals surface area contributed by atoms with Crippen molar-refractivity contribution < 1.29 is 4.79 Å². The SMILES string of the molecule is Cc1ccc(Sc2ccccc2N2CCN(C(=O)CCC[PH](c3ccccc3)(c3ccccc3)c3ccccc3)CC2)c(C)c1. The fraction of sp³-hybridized carbons (Fsp3) is 0.225. The molecule has 1 fully saturated rings. The van der Waals surface area contributed by atoms with Crippen molar-refractivity contribution in [1.29, 1.82) is 0 Å². The largest absolute Gasteiger partial charge is 0.0553 e. The van der Waals surface area contributed by atoms with Gasteiger partial charge in [-0.15, -0.1) is 0 Å². The third-order valence-corrected chi connectivity index (χ3v) is 15.4. The van der Waals surface area contributed by atoms with Gasteiger partial charge in [-0.3, -0.25) is 0 Å². The summed E-state index contributed by atoms with van der Waals surface area (Å²) in [4.78, 5) is 20.7. The van der Waals surface area contributed by atoms with E-state index in [0.717, 1.165) is 38.8 Å². The van der Waals surface area contributed by atoms with Crippen molar-refractivity contribution in [2.24, 2.45) is 0 Å². The van der Waals surface area contributed by atoms with E-state index in [4.69, 9.17) is 0 Å². The number of benzene rings is 5. The number of rotatable bonds is 10. The first-order valence-corrected chi connectivity index (χ1v) is 19.1. The van der Waals surface area contributed by atoms with Crippen molar-refractivity contribution in [2.45, 2.75) is 36.5 Å². The molecule has 5 aromatic carbocycles. The Morgan fingerprint density at radius 3 is 1.73 bits per heavy atom. The van der Waals surface area contributed by atoms with Crippen LogP contribution in [0.25, 0.3) is 0 Å². The maximum atomic E-state index is 13.6. The second kappa shape index (κ2) is 14.5. The van der Waals surface area contributed by atoms with Crippen LogP contribution in [-0.2, 0) is 4.79 Å². The van der Waals surface area contributed by atoms with E-state index in [-0.39, 0.29) is 5.91 Å². The fourth-order valence-corrected chi connectivity index (χ4v) is 12.7. The third kappa shape index (κ3) is 7.03. The molecule has 5 aromatic rings. The van der Waals surface area contributed by atoms with Gasteiger partial charge in [0.1, 0.15) is 0 Å². The van der Waals surface area contributed by atoms with Crippen LogP contribution in [0.3, 0.4) is 0 Å². The smallest absolute Gasteiger partial charge is 0.0369 e. The second-order valence-corrected chi connectivity index (χ2v) is 17.2. The van der Waals surface area contributed by atoms with Gasteiger partial charge < -0.3 is 0 Å². The minimum Gasteiger partial charge on any atom is -0.0553 e. The molecule has 0 aromatic heterocycles. The van der Waals surface area contributed by atoms with E-state index in [2.05, 4.69) is 157 Å². The van der Waals surface area contributed by atoms with Crippen LogP contribution in [0.5, 0.6) is 0 Å². The van der Waals surface area contributed by atoms with Crippen LogP contribution >= 0.6 is 19.0 Å². The first-order chi connectivity index (χ1) is 22.0. The summed E-state index contributed by atoms with van der Waals surface area (Å²) < 4.78 is 0. The molecule has 230 valence electrons. The Morgan fingerprint density at radius 2 is 1.18 bits per heavy atom. The molecule has 1 amide bonds. The number of hydrogen-bond acceptors (Lipinski definition) is 3. The number of carbonyl (C=O) groups excluding carboxylic acids is 1. The average molecular weight is 631 g/mol. The van der Waals surface area contributed by atoms with Crippen LogP contribution in [0.2, 0.25) is 0 Å². The van der Waals surface area contributed by atoms with Gasteiger partial charge in [0.15, 0.2) is 0 Å². The van der Waals surface area contributed by atoms with Gasteiger partial charge >= 0.3 is 231 Å². The van der Waals surface area contributed by atoms with Gasteiger partial charge in [0.05, 0.1) is 0 Å². The standard InChI is InChI=1S/C40H43N2OPS/c1-32-24-25-38(33(2)31-32)45-39-22-13-12-21-37(39)41-26-28-42(29-27-41)40(43)23-14-30-44(34-15-6-3-7-16-34,35-17-8-4-9-18-35)36-19-10-5-11-20-36/h3-13,15-22,24-25,31,44H,14,23,26-30H2,1-2H3. The van der Waals surface area contributed by atoms with Crippen LogP contribution in [0, 0.1) is 13.8 Å². The first-order valence-electron chi connectivity index (χ1n) is 16.1. The summed E-state index contributed by atoms with van der Waals surface area (Å²) in [5.41, 5.74) is 3.86. The molecule has 6 rings (SSSR count). The normalized spacial score (nSPS) is 13.9. The number of hydrogen-bond donors (Lipinski definition) is 0. The molecular weight excluding hydrogens is 587 g/mol. The molecule has 0 spiro atoms. The van der Waals surface area contributed by atoms with Crippen LogP contribution < -0.4 is 20.8 Å². The Balaban J connectivity index is 1.13. The van der Waals surface area contributed by atoms with Gasteiger partial charge in [-0.25, -0.2) is 0 Å². The molecular formula is C40H43N2OPS. The monoisotopic (exact) mass is 630 g/mol. The molecule has 1 saturated heterocycles. The molecule has 0 saturated carbocycles. The summed E-state index contributed by atoms with van der Waals surface area (Å²) in [6.45, 7) is 7.57. The van der Waals surface area contributed by atoms with Gasteiger partial charge in [-0.1, -0.05) is 17.7 Å². The van der Waals surface area contributed by atoms with Gasteiger partial charge in [-0.05, 0) is 25.5 Å². The Labute approximate surface area is 273 Å². The summed E-state index contributed by atoms with van der Waals surface area (Å²) >= 11 is 1.84. The number of anilines is 1. The van der Waals surface area contributed by atoms with E-state index < -0.39 is 7.26 Å². The zero-order chi connectivity index (χ0) is 31.1. The summed E-state index contributed by atoms with van der Waals surface area (Å²) in [6.07, 6.45) is 2.46. The van der Waals surface area contributed by atoms with Crippen LogP contribution in [-0.4, -0.2) is 43.1 Å². The Morgan fingerprint density at radius 1 is 0.644 bits per heavy atom. The van der Waals surface area contributed by atoms with Crippen molar-refractivity contribution in [2.75, 3.05) is 37.2 Å². The quantitative estimate of drug-likeness (QED) is 0.149. The van der Waals surface area contributed by atoms with Crippen LogP contribution in [0.15, 0.2) is 143 Å². The van der Waals surface area contributed by atoms with Crippen molar-refractivity contribution >= 4 is 46.5 Å². The zero-order valence-electron chi connectivity index (χ0n) is 26.4. The van der Waals surface area contributed by atoms with E-state index in [9.17, 15) is 4.79 Å². The Kier molecular flexibility index (Phi) is 10.0. The second-order valence-electron chi connectivity index (χ2n) is 12.1. The summed E-state index contributed by atoms with van der Waals surface area (Å²) in [5, 5.41) is 4.21. The molecule has 0 unspecified atom stereocenters. The van der Waals surface area contributed by atoms with E-state index in [1.807, 2.05) is 11.8 Å². The number of amides is 1. The van der Waals surface area contributed by atoms with Crippen LogP contribution in [0.1, 0.15) is 24.0 Å². The van der Waals surface area contributed by atoms with E-state index in [0.29, 0.717) is 6.42 Å². The Bertz CT molecular complexity index is 1610. The molecule has 1 heterocycles. The topological polar surface area (TPSA) is 23.6 Å². The van der Waals surface area contributed by atoms with E-state index in [1.54, 1.807) is 0 Å². The minimum atomic E-state index is -2.32. The number of piperazine rings is 1. The molecule has 0 radical (unpaired) electrons. The molecule has 45 heavy (non-hydrogen) atoms. The minimum absolute atomic E-state index is 0.282. The molecule has 1 aliphatic heterocycles. The van der Waals surface area contributed by atoms with E-state index >= 15 is 0 Å². The third-order valence-electron chi connectivity index (χ3n) is 9.13. The number of aryl methyl sites for hydroxylation is 2. The van der Waals surface area contributed by atoms with Crippen molar-refractivity contribution in [1.82, 2.24) is 4.90 Å². The maximum absolute atomic E-state index is 13.6. The van der Waals surface area contributed by atoms with Gasteiger partial charge in [-0.2, -0.15) is 0 Å². The van der Waals surface area contributed by atoms with Gasteiger partial charge in [0.2, 0.25) is 0 Å². The van der Waals surface area contributed by atoms with Crippen molar-refractivity contribution in [3.63, 3.8) is 0 Å². The van der Waals surface area contributed by atoms with Crippen LogP contribution in [0.4, 0.5) is 5.69 Å². The summed E-state index contributed by atoms with van der Waals surface area (Å²) in [6, 6.07) is 48.4. The summed E-state index contributed by atoms with van der Waals surface area (Å²) in [5.74, 6) is 0.282. The van der Waals surface area contributed by atoms with Gasteiger partial charge in [0.25, 0.3) is 0 Å². The van der Waals surface area contributed by atoms with Crippen molar-refractivity contribution in [3.8, 4) is 0 Å². The first kappa shape index (κ1) is 31.1.